The Morgan fingerprint density at radius 3 is 1.64 bits per heavy atom. The van der Waals surface area contributed by atoms with Gasteiger partial charge in [-0.1, -0.05) is 84.9 Å². The van der Waals surface area contributed by atoms with Crippen LogP contribution in [0, 0.1) is 34.0 Å². The number of aromatic nitrogens is 2. The number of hydrogen-bond donors (Lipinski definition) is 0. The molecule has 7 aromatic carbocycles. The molecule has 5 heteroatoms. The van der Waals surface area contributed by atoms with E-state index in [0.29, 0.717) is 16.7 Å². The molecule has 0 bridgehead atoms. The van der Waals surface area contributed by atoms with Crippen LogP contribution in [0.25, 0.3) is 77.2 Å². The summed E-state index contributed by atoms with van der Waals surface area (Å²) in [7, 11) is 0. The molecule has 50 heavy (non-hydrogen) atoms. The average molecular weight is 636 g/mol. The standard InChI is InChI=1S/C45H25N5/c46-26-29-13-23-42-39(24-29)37-8-2-3-9-40(37)49(42)35-20-18-32(19-21-35)31-14-16-33(17-15-31)45-34(28-48)6-5-11-43(45)50-41-10-4-1-7-36(41)38-22-12-30(27-47)25-44(38)50/h1-25H. The summed E-state index contributed by atoms with van der Waals surface area (Å²) >= 11 is 0. The fraction of sp³-hybridized carbons (Fsp3) is 0. The van der Waals surface area contributed by atoms with Crippen LogP contribution in [0.4, 0.5) is 0 Å². The first-order valence-electron chi connectivity index (χ1n) is 16.3. The number of fused-ring (bicyclic) bond motifs is 6. The van der Waals surface area contributed by atoms with Gasteiger partial charge in [0.15, 0.2) is 0 Å². The molecule has 230 valence electrons. The van der Waals surface area contributed by atoms with Crippen LogP contribution in [0.5, 0.6) is 0 Å². The van der Waals surface area contributed by atoms with Gasteiger partial charge in [0.05, 0.1) is 62.7 Å². The minimum atomic E-state index is 0.579. The van der Waals surface area contributed by atoms with Gasteiger partial charge in [0, 0.05) is 32.8 Å². The monoisotopic (exact) mass is 635 g/mol. The largest absolute Gasteiger partial charge is 0.309 e. The summed E-state index contributed by atoms with van der Waals surface area (Å²) in [6, 6.07) is 57.9. The van der Waals surface area contributed by atoms with Crippen molar-refractivity contribution in [3.8, 4) is 51.8 Å². The van der Waals surface area contributed by atoms with Gasteiger partial charge in [-0.15, -0.1) is 0 Å². The van der Waals surface area contributed by atoms with Crippen molar-refractivity contribution in [3.63, 3.8) is 0 Å². The summed E-state index contributed by atoms with van der Waals surface area (Å²) in [5.74, 6) is 0. The zero-order valence-corrected chi connectivity index (χ0v) is 26.7. The van der Waals surface area contributed by atoms with E-state index in [1.807, 2.05) is 78.9 Å². The SMILES string of the molecule is N#Cc1ccc2c(c1)c1ccccc1n2-c1ccc(-c2ccc(-c3c(C#N)cccc3-n3c4ccccc4c4ccc(C#N)cc43)cc2)cc1. The third-order valence-corrected chi connectivity index (χ3v) is 9.64. The molecule has 9 rings (SSSR count). The summed E-state index contributed by atoms with van der Waals surface area (Å²) < 4.78 is 4.41. The van der Waals surface area contributed by atoms with E-state index in [1.165, 1.54) is 0 Å². The number of nitriles is 3. The van der Waals surface area contributed by atoms with E-state index in [1.54, 1.807) is 0 Å². The van der Waals surface area contributed by atoms with E-state index < -0.39 is 0 Å². The molecule has 0 aliphatic rings. The smallest absolute Gasteiger partial charge is 0.0998 e. The second kappa shape index (κ2) is 11.4. The van der Waals surface area contributed by atoms with Crippen molar-refractivity contribution < 1.29 is 0 Å². The van der Waals surface area contributed by atoms with Gasteiger partial charge in [0.25, 0.3) is 0 Å². The highest BCUT2D eigenvalue weighted by Crippen LogP contribution is 2.39. The van der Waals surface area contributed by atoms with E-state index in [9.17, 15) is 15.8 Å². The van der Waals surface area contributed by atoms with Crippen LogP contribution in [0.2, 0.25) is 0 Å². The zero-order chi connectivity index (χ0) is 33.8. The molecule has 0 saturated heterocycles. The lowest BCUT2D eigenvalue weighted by molar-refractivity contribution is 1.18. The molecule has 0 atom stereocenters. The Labute approximate surface area is 287 Å². The molecule has 0 fully saturated rings. The van der Waals surface area contributed by atoms with E-state index >= 15 is 0 Å². The zero-order valence-electron chi connectivity index (χ0n) is 26.7. The van der Waals surface area contributed by atoms with Crippen LogP contribution in [0.1, 0.15) is 16.7 Å². The van der Waals surface area contributed by atoms with Gasteiger partial charge in [0.1, 0.15) is 0 Å². The number of rotatable bonds is 4. The molecule has 2 heterocycles. The molecular weight excluding hydrogens is 611 g/mol. The number of para-hydroxylation sites is 2. The number of nitrogens with zero attached hydrogens (tertiary/aromatic N) is 5. The summed E-state index contributed by atoms with van der Waals surface area (Å²) in [5, 5.41) is 33.8. The predicted octanol–water partition coefficient (Wildman–Crippen LogP) is 10.8. The van der Waals surface area contributed by atoms with Crippen LogP contribution in [0.3, 0.4) is 0 Å². The van der Waals surface area contributed by atoms with Crippen molar-refractivity contribution >= 4 is 43.6 Å². The summed E-state index contributed by atoms with van der Waals surface area (Å²) in [6.07, 6.45) is 0. The highest BCUT2D eigenvalue weighted by molar-refractivity contribution is 6.11. The third kappa shape index (κ3) is 4.38. The van der Waals surface area contributed by atoms with Crippen LogP contribution in [-0.2, 0) is 0 Å². The Morgan fingerprint density at radius 2 is 0.940 bits per heavy atom. The Bertz CT molecular complexity index is 2940. The number of hydrogen-bond acceptors (Lipinski definition) is 3. The Morgan fingerprint density at radius 1 is 0.380 bits per heavy atom. The first-order chi connectivity index (χ1) is 24.7. The van der Waals surface area contributed by atoms with Gasteiger partial charge in [-0.2, -0.15) is 15.8 Å². The van der Waals surface area contributed by atoms with Gasteiger partial charge in [-0.25, -0.2) is 0 Å². The first kappa shape index (κ1) is 28.8. The molecule has 5 nitrogen and oxygen atoms in total. The molecule has 0 aliphatic carbocycles. The van der Waals surface area contributed by atoms with Crippen LogP contribution in [0.15, 0.2) is 152 Å². The maximum absolute atomic E-state index is 10.3. The lowest BCUT2D eigenvalue weighted by Crippen LogP contribution is -1.99. The normalized spacial score (nSPS) is 11.1. The summed E-state index contributed by atoms with van der Waals surface area (Å²) in [6.45, 7) is 0. The van der Waals surface area contributed by atoms with Crippen molar-refractivity contribution in [2.45, 2.75) is 0 Å². The van der Waals surface area contributed by atoms with Gasteiger partial charge in [0.2, 0.25) is 0 Å². The van der Waals surface area contributed by atoms with Gasteiger partial charge in [-0.3, -0.25) is 0 Å². The average Bonchev–Trinajstić information content (AvgIpc) is 3.69. The summed E-state index contributed by atoms with van der Waals surface area (Å²) in [5.41, 5.74) is 11.7. The molecular formula is C45H25N5. The summed E-state index contributed by atoms with van der Waals surface area (Å²) in [4.78, 5) is 0. The van der Waals surface area contributed by atoms with Crippen LogP contribution < -0.4 is 0 Å². The van der Waals surface area contributed by atoms with Crippen LogP contribution in [-0.4, -0.2) is 9.13 Å². The lowest BCUT2D eigenvalue weighted by atomic mass is 9.95. The maximum Gasteiger partial charge on any atom is 0.0998 e. The van der Waals surface area contributed by atoms with Crippen molar-refractivity contribution in [2.24, 2.45) is 0 Å². The maximum atomic E-state index is 10.3. The first-order valence-corrected chi connectivity index (χ1v) is 16.3. The molecule has 0 unspecified atom stereocenters. The van der Waals surface area contributed by atoms with E-state index in [-0.39, 0.29) is 0 Å². The Hall–Kier alpha value is -7.39. The van der Waals surface area contributed by atoms with Crippen molar-refractivity contribution in [1.29, 1.82) is 15.8 Å². The molecule has 0 saturated carbocycles. The highest BCUT2D eigenvalue weighted by atomic mass is 15.0. The second-order valence-corrected chi connectivity index (χ2v) is 12.3. The Kier molecular flexibility index (Phi) is 6.56. The van der Waals surface area contributed by atoms with Gasteiger partial charge < -0.3 is 9.13 Å². The number of benzene rings is 7. The molecule has 0 radical (unpaired) electrons. The molecule has 0 spiro atoms. The minimum absolute atomic E-state index is 0.579. The van der Waals surface area contributed by atoms with E-state index in [4.69, 9.17) is 0 Å². The second-order valence-electron chi connectivity index (χ2n) is 12.3. The topological polar surface area (TPSA) is 81.2 Å². The highest BCUT2D eigenvalue weighted by Gasteiger charge is 2.19. The fourth-order valence-electron chi connectivity index (χ4n) is 7.38. The molecule has 0 amide bonds. The Balaban J connectivity index is 1.13. The molecule has 9 aromatic rings. The van der Waals surface area contributed by atoms with Crippen molar-refractivity contribution in [3.05, 3.63) is 168 Å². The van der Waals surface area contributed by atoms with Gasteiger partial charge in [-0.05, 0) is 83.4 Å². The minimum Gasteiger partial charge on any atom is -0.309 e. The van der Waals surface area contributed by atoms with E-state index in [0.717, 1.165) is 77.2 Å². The van der Waals surface area contributed by atoms with Crippen molar-refractivity contribution in [1.82, 2.24) is 9.13 Å². The van der Waals surface area contributed by atoms with Crippen molar-refractivity contribution in [2.75, 3.05) is 0 Å². The quantitative estimate of drug-likeness (QED) is 0.193. The van der Waals surface area contributed by atoms with Gasteiger partial charge >= 0.3 is 0 Å². The molecule has 0 aliphatic heterocycles. The van der Waals surface area contributed by atoms with Crippen LogP contribution >= 0.6 is 0 Å². The molecule has 0 N–H and O–H groups in total. The third-order valence-electron chi connectivity index (χ3n) is 9.64. The fourth-order valence-corrected chi connectivity index (χ4v) is 7.38. The predicted molar refractivity (Wildman–Crippen MR) is 200 cm³/mol. The molecule has 2 aromatic heterocycles. The lowest BCUT2D eigenvalue weighted by Gasteiger charge is -2.16. The van der Waals surface area contributed by atoms with E-state index in [2.05, 4.69) is 100 Å².